The molecule has 7 aromatic rings. The Bertz CT molecular complexity index is 1990. The first-order valence-electron chi connectivity index (χ1n) is 14.1. The number of hydrogen-bond acceptors (Lipinski definition) is 0. The summed E-state index contributed by atoms with van der Waals surface area (Å²) in [5.74, 6) is 0. The Morgan fingerprint density at radius 3 is 1.18 bits per heavy atom. The first-order valence-corrected chi connectivity index (χ1v) is 14.1. The van der Waals surface area contributed by atoms with Crippen molar-refractivity contribution in [3.8, 4) is 33.4 Å². The molecule has 0 saturated heterocycles. The van der Waals surface area contributed by atoms with Gasteiger partial charge in [0, 0.05) is 0 Å². The molecule has 7 aromatic carbocycles. The first-order chi connectivity index (χ1) is 19.5. The summed E-state index contributed by atoms with van der Waals surface area (Å²) in [7, 11) is 0. The summed E-state index contributed by atoms with van der Waals surface area (Å²) >= 11 is 0. The zero-order valence-electron chi connectivity index (χ0n) is 23.5. The van der Waals surface area contributed by atoms with Crippen LogP contribution in [0.1, 0.15) is 22.3 Å². The summed E-state index contributed by atoms with van der Waals surface area (Å²) in [4.78, 5) is 0. The summed E-state index contributed by atoms with van der Waals surface area (Å²) in [6, 6.07) is 45.0. The standard InChI is InChI=1S/C40H32/c1-25-19-34-36(21-27(25)3)40(37-22-28(4)26(2)20-35(37)39(34)30-15-9-6-10-16-30)38-24-32-18-12-11-17-31(32)23-33(38)29-13-7-5-8-14-29/h5-24H,1-4H3. The van der Waals surface area contributed by atoms with E-state index in [-0.39, 0.29) is 0 Å². The molecular weight excluding hydrogens is 480 g/mol. The van der Waals surface area contributed by atoms with E-state index in [2.05, 4.69) is 149 Å². The molecule has 7 rings (SSSR count). The van der Waals surface area contributed by atoms with E-state index >= 15 is 0 Å². The van der Waals surface area contributed by atoms with E-state index < -0.39 is 0 Å². The summed E-state index contributed by atoms with van der Waals surface area (Å²) in [6.07, 6.45) is 0. The van der Waals surface area contributed by atoms with Crippen LogP contribution in [0.5, 0.6) is 0 Å². The Morgan fingerprint density at radius 2 is 0.700 bits per heavy atom. The summed E-state index contributed by atoms with van der Waals surface area (Å²) in [6.45, 7) is 8.95. The highest BCUT2D eigenvalue weighted by Crippen LogP contribution is 2.48. The van der Waals surface area contributed by atoms with Crippen molar-refractivity contribution in [2.75, 3.05) is 0 Å². The molecule has 192 valence electrons. The third-order valence-corrected chi connectivity index (χ3v) is 8.65. The van der Waals surface area contributed by atoms with Crippen LogP contribution in [0.2, 0.25) is 0 Å². The second kappa shape index (κ2) is 9.50. The minimum Gasteiger partial charge on any atom is -0.0622 e. The van der Waals surface area contributed by atoms with E-state index in [1.807, 2.05) is 0 Å². The fourth-order valence-electron chi connectivity index (χ4n) is 6.26. The molecule has 0 saturated carbocycles. The molecule has 0 N–H and O–H groups in total. The smallest absolute Gasteiger partial charge is 0.00197 e. The lowest BCUT2D eigenvalue weighted by Gasteiger charge is -2.22. The van der Waals surface area contributed by atoms with Gasteiger partial charge in [-0.3, -0.25) is 0 Å². The van der Waals surface area contributed by atoms with Crippen molar-refractivity contribution < 1.29 is 0 Å². The van der Waals surface area contributed by atoms with E-state index in [9.17, 15) is 0 Å². The van der Waals surface area contributed by atoms with Crippen LogP contribution in [0.3, 0.4) is 0 Å². The van der Waals surface area contributed by atoms with Crippen LogP contribution in [-0.4, -0.2) is 0 Å². The fraction of sp³-hybridized carbons (Fsp3) is 0.100. The van der Waals surface area contributed by atoms with Crippen molar-refractivity contribution in [2.24, 2.45) is 0 Å². The number of hydrogen-bond donors (Lipinski definition) is 0. The molecule has 0 unspecified atom stereocenters. The lowest BCUT2D eigenvalue weighted by Crippen LogP contribution is -1.96. The second-order valence-corrected chi connectivity index (χ2v) is 11.2. The lowest BCUT2D eigenvalue weighted by molar-refractivity contribution is 1.36. The van der Waals surface area contributed by atoms with Crippen molar-refractivity contribution in [3.05, 3.63) is 144 Å². The van der Waals surface area contributed by atoms with Gasteiger partial charge in [0.15, 0.2) is 0 Å². The van der Waals surface area contributed by atoms with Crippen molar-refractivity contribution in [1.82, 2.24) is 0 Å². The number of benzene rings is 7. The molecule has 0 atom stereocenters. The minimum absolute atomic E-state index is 1.24. The molecule has 0 heteroatoms. The fourth-order valence-corrected chi connectivity index (χ4v) is 6.26. The number of aryl methyl sites for hydroxylation is 4. The molecule has 0 radical (unpaired) electrons. The molecule has 0 aliphatic carbocycles. The number of fused-ring (bicyclic) bond motifs is 3. The molecule has 0 aliphatic rings. The molecule has 0 amide bonds. The van der Waals surface area contributed by atoms with Gasteiger partial charge in [-0.2, -0.15) is 0 Å². The van der Waals surface area contributed by atoms with Gasteiger partial charge in [0.25, 0.3) is 0 Å². The van der Waals surface area contributed by atoms with Crippen molar-refractivity contribution in [2.45, 2.75) is 27.7 Å². The first kappa shape index (κ1) is 24.4. The third kappa shape index (κ3) is 3.91. The topological polar surface area (TPSA) is 0 Å². The van der Waals surface area contributed by atoms with Crippen molar-refractivity contribution in [1.29, 1.82) is 0 Å². The van der Waals surface area contributed by atoms with Gasteiger partial charge in [-0.25, -0.2) is 0 Å². The molecule has 0 nitrogen and oxygen atoms in total. The summed E-state index contributed by atoms with van der Waals surface area (Å²) in [5, 5.41) is 7.77. The molecule has 0 aromatic heterocycles. The predicted octanol–water partition coefficient (Wildman–Crippen LogP) is 11.4. The lowest BCUT2D eigenvalue weighted by atomic mass is 9.81. The largest absolute Gasteiger partial charge is 0.0622 e. The quantitative estimate of drug-likeness (QED) is 0.207. The van der Waals surface area contributed by atoms with Gasteiger partial charge in [0.1, 0.15) is 0 Å². The molecule has 0 spiro atoms. The molecule has 40 heavy (non-hydrogen) atoms. The SMILES string of the molecule is Cc1cc2c(-c3ccccc3)c3cc(C)c(C)cc3c(-c3cc4ccccc4cc3-c3ccccc3)c2cc1C. The maximum atomic E-state index is 2.42. The average Bonchev–Trinajstić information content (AvgIpc) is 2.98. The Balaban J connectivity index is 1.74. The van der Waals surface area contributed by atoms with Crippen molar-refractivity contribution >= 4 is 32.3 Å². The molecular formula is C40H32. The highest BCUT2D eigenvalue weighted by molar-refractivity contribution is 6.23. The van der Waals surface area contributed by atoms with Crippen LogP contribution in [0.15, 0.2) is 121 Å². The monoisotopic (exact) mass is 512 g/mol. The van der Waals surface area contributed by atoms with Gasteiger partial charge in [-0.1, -0.05) is 109 Å². The third-order valence-electron chi connectivity index (χ3n) is 8.65. The van der Waals surface area contributed by atoms with E-state index in [0.29, 0.717) is 0 Å². The minimum atomic E-state index is 1.24. The Hall–Kier alpha value is -4.68. The van der Waals surface area contributed by atoms with E-state index in [1.165, 1.54) is 88.0 Å². The summed E-state index contributed by atoms with van der Waals surface area (Å²) < 4.78 is 0. The van der Waals surface area contributed by atoms with Crippen LogP contribution >= 0.6 is 0 Å². The summed E-state index contributed by atoms with van der Waals surface area (Å²) in [5.41, 5.74) is 13.0. The maximum absolute atomic E-state index is 2.42. The Morgan fingerprint density at radius 1 is 0.325 bits per heavy atom. The van der Waals surface area contributed by atoms with Crippen molar-refractivity contribution in [3.63, 3.8) is 0 Å². The normalized spacial score (nSPS) is 11.5. The maximum Gasteiger partial charge on any atom is -0.00197 e. The zero-order chi connectivity index (χ0) is 27.4. The van der Waals surface area contributed by atoms with Crippen LogP contribution in [0, 0.1) is 27.7 Å². The highest BCUT2D eigenvalue weighted by atomic mass is 14.2. The van der Waals surface area contributed by atoms with Gasteiger partial charge in [-0.15, -0.1) is 0 Å². The van der Waals surface area contributed by atoms with Gasteiger partial charge in [0.05, 0.1) is 0 Å². The second-order valence-electron chi connectivity index (χ2n) is 11.2. The Labute approximate surface area is 236 Å². The van der Waals surface area contributed by atoms with Gasteiger partial charge in [-0.05, 0) is 128 Å². The van der Waals surface area contributed by atoms with Gasteiger partial charge < -0.3 is 0 Å². The molecule has 0 fully saturated rings. The van der Waals surface area contributed by atoms with Crippen LogP contribution < -0.4 is 0 Å². The molecule has 0 aliphatic heterocycles. The van der Waals surface area contributed by atoms with E-state index in [4.69, 9.17) is 0 Å². The highest BCUT2D eigenvalue weighted by Gasteiger charge is 2.21. The van der Waals surface area contributed by atoms with Gasteiger partial charge >= 0.3 is 0 Å². The van der Waals surface area contributed by atoms with Crippen LogP contribution in [0.25, 0.3) is 65.7 Å². The van der Waals surface area contributed by atoms with Crippen LogP contribution in [-0.2, 0) is 0 Å². The van der Waals surface area contributed by atoms with E-state index in [1.54, 1.807) is 0 Å². The van der Waals surface area contributed by atoms with Crippen LogP contribution in [0.4, 0.5) is 0 Å². The average molecular weight is 513 g/mol. The predicted molar refractivity (Wildman–Crippen MR) is 174 cm³/mol. The molecule has 0 bridgehead atoms. The number of rotatable bonds is 3. The Kier molecular flexibility index (Phi) is 5.79. The van der Waals surface area contributed by atoms with E-state index in [0.717, 1.165) is 0 Å². The molecule has 0 heterocycles. The van der Waals surface area contributed by atoms with Gasteiger partial charge in [0.2, 0.25) is 0 Å². The zero-order valence-corrected chi connectivity index (χ0v) is 23.5.